The zero-order chi connectivity index (χ0) is 14.8. The summed E-state index contributed by atoms with van der Waals surface area (Å²) in [6, 6.07) is 6.64. The van der Waals surface area contributed by atoms with Crippen LogP contribution in [-0.4, -0.2) is 35.8 Å². The molecule has 0 radical (unpaired) electrons. The van der Waals surface area contributed by atoms with Gasteiger partial charge in [0.1, 0.15) is 0 Å². The van der Waals surface area contributed by atoms with Crippen molar-refractivity contribution in [2.24, 2.45) is 0 Å². The first-order valence-electron chi connectivity index (χ1n) is 7.22. The van der Waals surface area contributed by atoms with Gasteiger partial charge >= 0.3 is 0 Å². The number of rotatable bonds is 4. The summed E-state index contributed by atoms with van der Waals surface area (Å²) in [4.78, 5) is 19.4. The zero-order valence-corrected chi connectivity index (χ0v) is 14.0. The molecule has 0 aromatic carbocycles. The van der Waals surface area contributed by atoms with Gasteiger partial charge in [-0.1, -0.05) is 6.07 Å². The lowest BCUT2D eigenvalue weighted by Gasteiger charge is -2.30. The van der Waals surface area contributed by atoms with Crippen LogP contribution in [0.2, 0.25) is 0 Å². The molecule has 2 aromatic rings. The molecule has 0 N–H and O–H groups in total. The van der Waals surface area contributed by atoms with E-state index in [0.717, 1.165) is 19.5 Å². The Balaban J connectivity index is 1.59. The van der Waals surface area contributed by atoms with E-state index in [1.165, 1.54) is 15.3 Å². The van der Waals surface area contributed by atoms with Crippen molar-refractivity contribution in [1.29, 1.82) is 0 Å². The maximum atomic E-state index is 12.5. The Kier molecular flexibility index (Phi) is 4.42. The number of fused-ring (bicyclic) bond motifs is 1. The minimum Gasteiger partial charge on any atom is -0.337 e. The maximum Gasteiger partial charge on any atom is 0.237 e. The number of carbonyl (C=O) groups excluding carboxylic acids is 1. The van der Waals surface area contributed by atoms with E-state index in [-0.39, 0.29) is 11.9 Å². The number of nitrogens with zero attached hydrogens (tertiary/aromatic N) is 2. The van der Waals surface area contributed by atoms with Gasteiger partial charge in [-0.3, -0.25) is 9.69 Å². The van der Waals surface area contributed by atoms with Crippen molar-refractivity contribution in [1.82, 2.24) is 9.80 Å². The van der Waals surface area contributed by atoms with Gasteiger partial charge in [-0.15, -0.1) is 22.7 Å². The van der Waals surface area contributed by atoms with Crippen LogP contribution in [0.5, 0.6) is 0 Å². The molecule has 3 nitrogen and oxygen atoms in total. The van der Waals surface area contributed by atoms with Gasteiger partial charge in [0, 0.05) is 28.9 Å². The Morgan fingerprint density at radius 1 is 1.38 bits per heavy atom. The Bertz CT molecular complexity index is 606. The molecule has 1 amide bonds. The van der Waals surface area contributed by atoms with Crippen LogP contribution >= 0.6 is 22.7 Å². The van der Waals surface area contributed by atoms with Gasteiger partial charge in [0.15, 0.2) is 0 Å². The van der Waals surface area contributed by atoms with E-state index in [1.54, 1.807) is 11.3 Å². The summed E-state index contributed by atoms with van der Waals surface area (Å²) in [5, 5.41) is 4.22. The minimum absolute atomic E-state index is 0.234. The highest BCUT2D eigenvalue weighted by atomic mass is 32.1. The lowest BCUT2D eigenvalue weighted by Crippen LogP contribution is -2.41. The summed E-state index contributed by atoms with van der Waals surface area (Å²) in [6.45, 7) is 4.28. The van der Waals surface area contributed by atoms with Crippen molar-refractivity contribution < 1.29 is 4.79 Å². The number of hydrogen-bond donors (Lipinski definition) is 0. The topological polar surface area (TPSA) is 23.6 Å². The van der Waals surface area contributed by atoms with Crippen LogP contribution in [0.1, 0.15) is 28.3 Å². The van der Waals surface area contributed by atoms with E-state index in [1.807, 2.05) is 23.3 Å². The van der Waals surface area contributed by atoms with Crippen LogP contribution in [0, 0.1) is 0 Å². The first kappa shape index (κ1) is 14.8. The normalized spacial score (nSPS) is 16.0. The number of amides is 1. The molecule has 0 saturated heterocycles. The van der Waals surface area contributed by atoms with Crippen LogP contribution < -0.4 is 0 Å². The second-order valence-corrected chi connectivity index (χ2v) is 7.52. The standard InChI is InChI=1S/C16H20N2OS2/c1-12(14-4-3-8-20-14)17(2)11-16(19)18-7-5-15-13(10-18)6-9-21-15/h3-4,6,8-9,12H,5,7,10-11H2,1-2H3. The third-order valence-corrected chi connectivity index (χ3v) is 6.23. The summed E-state index contributed by atoms with van der Waals surface area (Å²) in [6.07, 6.45) is 1.00. The fourth-order valence-electron chi connectivity index (χ4n) is 2.66. The molecule has 3 heterocycles. The molecule has 0 bridgehead atoms. The predicted molar refractivity (Wildman–Crippen MR) is 88.8 cm³/mol. The average Bonchev–Trinajstić information content (AvgIpc) is 3.16. The van der Waals surface area contributed by atoms with Gasteiger partial charge in [-0.05, 0) is 48.8 Å². The second-order valence-electron chi connectivity index (χ2n) is 5.54. The molecule has 1 aliphatic heterocycles. The van der Waals surface area contributed by atoms with E-state index in [2.05, 4.69) is 40.8 Å². The van der Waals surface area contributed by atoms with Crippen molar-refractivity contribution in [3.63, 3.8) is 0 Å². The Morgan fingerprint density at radius 2 is 2.24 bits per heavy atom. The SMILES string of the molecule is CC(c1cccs1)N(C)CC(=O)N1CCc2sccc2C1. The smallest absolute Gasteiger partial charge is 0.237 e. The van der Waals surface area contributed by atoms with Crippen LogP contribution in [0.4, 0.5) is 0 Å². The molecule has 2 aromatic heterocycles. The second kappa shape index (κ2) is 6.30. The number of likely N-dealkylation sites (N-methyl/N-ethyl adjacent to an activating group) is 1. The molecule has 1 atom stereocenters. The fraction of sp³-hybridized carbons (Fsp3) is 0.438. The molecular formula is C16H20N2OS2. The van der Waals surface area contributed by atoms with Gasteiger partial charge in [0.25, 0.3) is 0 Å². The van der Waals surface area contributed by atoms with E-state index >= 15 is 0 Å². The predicted octanol–water partition coefficient (Wildman–Crippen LogP) is 3.39. The van der Waals surface area contributed by atoms with Crippen LogP contribution in [0.25, 0.3) is 0 Å². The van der Waals surface area contributed by atoms with Crippen molar-refractivity contribution >= 4 is 28.6 Å². The van der Waals surface area contributed by atoms with Gasteiger partial charge < -0.3 is 4.90 Å². The Morgan fingerprint density at radius 3 is 3.00 bits per heavy atom. The molecule has 0 aliphatic carbocycles. The highest BCUT2D eigenvalue weighted by Crippen LogP contribution is 2.25. The molecule has 0 saturated carbocycles. The number of thiophene rings is 2. The summed E-state index contributed by atoms with van der Waals surface area (Å²) in [5.74, 6) is 0.234. The van der Waals surface area contributed by atoms with E-state index in [4.69, 9.17) is 0 Å². The lowest BCUT2D eigenvalue weighted by molar-refractivity contribution is -0.133. The molecule has 0 spiro atoms. The molecule has 3 rings (SSSR count). The monoisotopic (exact) mass is 320 g/mol. The molecule has 5 heteroatoms. The highest BCUT2D eigenvalue weighted by Gasteiger charge is 2.23. The third kappa shape index (κ3) is 3.20. The van der Waals surface area contributed by atoms with Crippen LogP contribution in [0.3, 0.4) is 0 Å². The van der Waals surface area contributed by atoms with Crippen molar-refractivity contribution in [3.8, 4) is 0 Å². The van der Waals surface area contributed by atoms with Crippen molar-refractivity contribution in [3.05, 3.63) is 44.3 Å². The Hall–Kier alpha value is -1.17. The van der Waals surface area contributed by atoms with Crippen LogP contribution in [0.15, 0.2) is 29.0 Å². The maximum absolute atomic E-state index is 12.5. The molecule has 112 valence electrons. The fourth-order valence-corrected chi connectivity index (χ4v) is 4.40. The largest absolute Gasteiger partial charge is 0.337 e. The highest BCUT2D eigenvalue weighted by molar-refractivity contribution is 7.10. The molecule has 1 unspecified atom stereocenters. The van der Waals surface area contributed by atoms with Crippen LogP contribution in [-0.2, 0) is 17.8 Å². The summed E-state index contributed by atoms with van der Waals surface area (Å²) in [7, 11) is 2.03. The lowest BCUT2D eigenvalue weighted by atomic mass is 10.1. The summed E-state index contributed by atoms with van der Waals surface area (Å²) in [5.41, 5.74) is 1.33. The summed E-state index contributed by atoms with van der Waals surface area (Å²) < 4.78 is 0. The Labute approximate surface area is 133 Å². The van der Waals surface area contributed by atoms with Gasteiger partial charge in [-0.25, -0.2) is 0 Å². The van der Waals surface area contributed by atoms with E-state index in [0.29, 0.717) is 6.54 Å². The van der Waals surface area contributed by atoms with Crippen molar-refractivity contribution in [2.45, 2.75) is 25.9 Å². The first-order chi connectivity index (χ1) is 10.1. The molecule has 1 aliphatic rings. The average molecular weight is 320 g/mol. The summed E-state index contributed by atoms with van der Waals surface area (Å²) >= 11 is 3.56. The van der Waals surface area contributed by atoms with E-state index < -0.39 is 0 Å². The van der Waals surface area contributed by atoms with Gasteiger partial charge in [0.2, 0.25) is 5.91 Å². The van der Waals surface area contributed by atoms with Gasteiger partial charge in [0.05, 0.1) is 6.54 Å². The number of hydrogen-bond acceptors (Lipinski definition) is 4. The third-order valence-electron chi connectivity index (χ3n) is 4.16. The van der Waals surface area contributed by atoms with E-state index in [9.17, 15) is 4.79 Å². The molecule has 21 heavy (non-hydrogen) atoms. The zero-order valence-electron chi connectivity index (χ0n) is 12.4. The molecule has 0 fully saturated rings. The quantitative estimate of drug-likeness (QED) is 0.862. The number of carbonyl (C=O) groups is 1. The van der Waals surface area contributed by atoms with Crippen molar-refractivity contribution in [2.75, 3.05) is 20.1 Å². The van der Waals surface area contributed by atoms with Gasteiger partial charge in [-0.2, -0.15) is 0 Å². The first-order valence-corrected chi connectivity index (χ1v) is 8.97. The minimum atomic E-state index is 0.234. The molecular weight excluding hydrogens is 300 g/mol.